The quantitative estimate of drug-likeness (QED) is 0.633. The van der Waals surface area contributed by atoms with Crippen molar-refractivity contribution in [2.45, 2.75) is 44.6 Å². The average Bonchev–Trinajstić information content (AvgIpc) is 2.21. The van der Waals surface area contributed by atoms with Crippen molar-refractivity contribution in [1.82, 2.24) is 4.23 Å². The molecular weight excluding hydrogens is 218 g/mol. The molecule has 0 aliphatic rings. The number of nitrogens with two attached hydrogens (primary N) is 2. The molecule has 1 unspecified atom stereocenters. The van der Waals surface area contributed by atoms with Gasteiger partial charge >= 0.3 is 0 Å². The molecule has 3 nitrogen and oxygen atoms in total. The van der Waals surface area contributed by atoms with Crippen molar-refractivity contribution in [3.8, 4) is 0 Å². The lowest BCUT2D eigenvalue weighted by atomic mass is 10.5. The molecule has 0 radical (unpaired) electrons. The van der Waals surface area contributed by atoms with Crippen LogP contribution in [0.5, 0.6) is 0 Å². The molecule has 4 N–H and O–H groups in total. The SMILES string of the molecule is CN([SiH](C)CCCN)[Si](C)(C)CCCN. The summed E-state index contributed by atoms with van der Waals surface area (Å²) in [7, 11) is 0.456. The first-order valence-electron chi connectivity index (χ1n) is 6.08. The zero-order chi connectivity index (χ0) is 11.9. The highest BCUT2D eigenvalue weighted by Gasteiger charge is 2.29. The van der Waals surface area contributed by atoms with Crippen LogP contribution in [0.3, 0.4) is 0 Å². The molecule has 0 aromatic rings. The van der Waals surface area contributed by atoms with Crippen LogP contribution < -0.4 is 11.5 Å². The second-order valence-electron chi connectivity index (χ2n) is 5.10. The maximum absolute atomic E-state index is 5.59. The third-order valence-electron chi connectivity index (χ3n) is 3.43. The van der Waals surface area contributed by atoms with Crippen molar-refractivity contribution in [2.75, 3.05) is 20.1 Å². The Morgan fingerprint density at radius 3 is 2.13 bits per heavy atom. The van der Waals surface area contributed by atoms with E-state index in [2.05, 4.69) is 30.9 Å². The van der Waals surface area contributed by atoms with Crippen LogP contribution in [0.1, 0.15) is 12.8 Å². The molecule has 0 saturated carbocycles. The van der Waals surface area contributed by atoms with Crippen molar-refractivity contribution < 1.29 is 0 Å². The van der Waals surface area contributed by atoms with Crippen LogP contribution in [0.4, 0.5) is 0 Å². The van der Waals surface area contributed by atoms with Crippen LogP contribution in [-0.2, 0) is 0 Å². The monoisotopic (exact) mass is 247 g/mol. The lowest BCUT2D eigenvalue weighted by Gasteiger charge is -2.38. The molecule has 0 heterocycles. The van der Waals surface area contributed by atoms with Gasteiger partial charge in [0.1, 0.15) is 17.2 Å². The minimum Gasteiger partial charge on any atom is -0.351 e. The molecule has 1 atom stereocenters. The van der Waals surface area contributed by atoms with Crippen LogP contribution in [0.15, 0.2) is 0 Å². The fourth-order valence-corrected chi connectivity index (χ4v) is 10.1. The Labute approximate surface area is 98.0 Å². The number of hydrogen-bond donors (Lipinski definition) is 2. The van der Waals surface area contributed by atoms with Gasteiger partial charge in [-0.2, -0.15) is 0 Å². The normalized spacial score (nSPS) is 14.6. The summed E-state index contributed by atoms with van der Waals surface area (Å²) in [6.07, 6.45) is 2.38. The van der Waals surface area contributed by atoms with E-state index in [9.17, 15) is 0 Å². The van der Waals surface area contributed by atoms with Crippen molar-refractivity contribution in [1.29, 1.82) is 0 Å². The predicted octanol–water partition coefficient (Wildman–Crippen LogP) is 1.17. The Bertz CT molecular complexity index is 165. The molecule has 0 fully saturated rings. The molecule has 0 saturated heterocycles. The second kappa shape index (κ2) is 7.56. The summed E-state index contributed by atoms with van der Waals surface area (Å²) in [5.74, 6) is 0. The Kier molecular flexibility index (Phi) is 7.72. The first-order chi connectivity index (χ1) is 6.95. The van der Waals surface area contributed by atoms with E-state index in [1.54, 1.807) is 0 Å². The molecule has 0 bridgehead atoms. The number of rotatable bonds is 8. The predicted molar refractivity (Wildman–Crippen MR) is 75.2 cm³/mol. The van der Waals surface area contributed by atoms with Crippen LogP contribution in [-0.4, -0.2) is 41.6 Å². The highest BCUT2D eigenvalue weighted by molar-refractivity contribution is 6.83. The molecule has 0 aromatic carbocycles. The summed E-state index contributed by atoms with van der Waals surface area (Å²) in [6.45, 7) is 9.06. The minimum absolute atomic E-state index is 0.707. The van der Waals surface area contributed by atoms with E-state index in [1.165, 1.54) is 24.9 Å². The van der Waals surface area contributed by atoms with Gasteiger partial charge in [0.15, 0.2) is 0 Å². The minimum atomic E-state index is -1.17. The highest BCUT2D eigenvalue weighted by atomic mass is 28.4. The molecule has 0 aliphatic carbocycles. The molecule has 92 valence electrons. The topological polar surface area (TPSA) is 55.3 Å². The summed E-state index contributed by atoms with van der Waals surface area (Å²) in [5, 5.41) is 0. The maximum atomic E-state index is 5.59. The van der Waals surface area contributed by atoms with Gasteiger partial charge in [0.25, 0.3) is 0 Å². The maximum Gasteiger partial charge on any atom is 0.115 e. The first-order valence-corrected chi connectivity index (χ1v) is 11.7. The lowest BCUT2D eigenvalue weighted by molar-refractivity contribution is 0.730. The molecular formula is C10H29N3Si2. The van der Waals surface area contributed by atoms with Crippen molar-refractivity contribution >= 4 is 17.2 Å². The van der Waals surface area contributed by atoms with E-state index in [1.807, 2.05) is 0 Å². The highest BCUT2D eigenvalue weighted by Crippen LogP contribution is 2.18. The van der Waals surface area contributed by atoms with Crippen LogP contribution in [0, 0.1) is 0 Å². The average molecular weight is 248 g/mol. The fourth-order valence-electron chi connectivity index (χ4n) is 1.91. The Morgan fingerprint density at radius 2 is 1.67 bits per heavy atom. The molecule has 0 spiro atoms. The Hall–Kier alpha value is 0.314. The number of hydrogen-bond acceptors (Lipinski definition) is 3. The van der Waals surface area contributed by atoms with E-state index in [-0.39, 0.29) is 0 Å². The van der Waals surface area contributed by atoms with E-state index in [0.717, 1.165) is 13.1 Å². The van der Waals surface area contributed by atoms with Gasteiger partial charge in [-0.15, -0.1) is 0 Å². The molecule has 0 aliphatic heterocycles. The summed E-state index contributed by atoms with van der Waals surface area (Å²) in [6, 6.07) is 2.69. The van der Waals surface area contributed by atoms with Crippen molar-refractivity contribution in [3.63, 3.8) is 0 Å². The van der Waals surface area contributed by atoms with E-state index in [0.29, 0.717) is 0 Å². The van der Waals surface area contributed by atoms with E-state index in [4.69, 9.17) is 11.5 Å². The largest absolute Gasteiger partial charge is 0.351 e. The van der Waals surface area contributed by atoms with Gasteiger partial charge in [-0.05, 0) is 45.1 Å². The van der Waals surface area contributed by atoms with Gasteiger partial charge in [-0.3, -0.25) is 0 Å². The summed E-state index contributed by atoms with van der Waals surface area (Å²) >= 11 is 0. The van der Waals surface area contributed by atoms with Crippen molar-refractivity contribution in [2.24, 2.45) is 11.5 Å². The lowest BCUT2D eigenvalue weighted by Crippen LogP contribution is -2.52. The van der Waals surface area contributed by atoms with Gasteiger partial charge in [0.05, 0.1) is 0 Å². The molecule has 0 amide bonds. The summed E-state index contributed by atoms with van der Waals surface area (Å²) in [4.78, 5) is 0. The van der Waals surface area contributed by atoms with Gasteiger partial charge in [-0.1, -0.05) is 19.6 Å². The zero-order valence-corrected chi connectivity index (χ0v) is 13.1. The first kappa shape index (κ1) is 15.3. The fraction of sp³-hybridized carbons (Fsp3) is 1.00. The van der Waals surface area contributed by atoms with Crippen LogP contribution >= 0.6 is 0 Å². The van der Waals surface area contributed by atoms with Crippen LogP contribution in [0.25, 0.3) is 0 Å². The van der Waals surface area contributed by atoms with E-state index >= 15 is 0 Å². The molecule has 0 aromatic heterocycles. The van der Waals surface area contributed by atoms with Gasteiger partial charge in [0, 0.05) is 0 Å². The van der Waals surface area contributed by atoms with Gasteiger partial charge in [0.2, 0.25) is 0 Å². The standard InChI is InChI=1S/C10H29N3Si2/c1-13(14(2)9-5-7-11)15(3,4)10-6-8-12/h14H,5-12H2,1-4H3. The van der Waals surface area contributed by atoms with Crippen molar-refractivity contribution in [3.05, 3.63) is 0 Å². The third-order valence-corrected chi connectivity index (χ3v) is 12.9. The smallest absolute Gasteiger partial charge is 0.115 e. The molecule has 15 heavy (non-hydrogen) atoms. The Morgan fingerprint density at radius 1 is 1.13 bits per heavy atom. The summed E-state index contributed by atoms with van der Waals surface area (Å²) in [5.41, 5.74) is 11.2. The number of nitrogens with zero attached hydrogens (tertiary/aromatic N) is 1. The molecule has 0 rings (SSSR count). The van der Waals surface area contributed by atoms with Gasteiger partial charge in [-0.25, -0.2) is 0 Å². The van der Waals surface area contributed by atoms with Gasteiger partial charge < -0.3 is 15.7 Å². The third kappa shape index (κ3) is 5.82. The van der Waals surface area contributed by atoms with E-state index < -0.39 is 17.2 Å². The molecule has 5 heteroatoms. The second-order valence-corrected chi connectivity index (χ2v) is 13.5. The van der Waals surface area contributed by atoms with Crippen LogP contribution in [0.2, 0.25) is 31.7 Å². The zero-order valence-electron chi connectivity index (χ0n) is 10.9. The Balaban J connectivity index is 4.07. The summed E-state index contributed by atoms with van der Waals surface area (Å²) < 4.78 is 2.73.